The lowest BCUT2D eigenvalue weighted by atomic mass is 10.1. The summed E-state index contributed by atoms with van der Waals surface area (Å²) in [6.45, 7) is 6.82. The van der Waals surface area contributed by atoms with Crippen molar-refractivity contribution < 1.29 is 9.59 Å². The van der Waals surface area contributed by atoms with Crippen molar-refractivity contribution in [3.05, 3.63) is 63.6 Å². The van der Waals surface area contributed by atoms with Gasteiger partial charge in [-0.25, -0.2) is 0 Å². The molecular formula is C24H30Cl2N2O2S. The average Bonchev–Trinajstić information content (AvgIpc) is 2.74. The summed E-state index contributed by atoms with van der Waals surface area (Å²) >= 11 is 14.0. The number of nitrogens with zero attached hydrogens (tertiary/aromatic N) is 1. The lowest BCUT2D eigenvalue weighted by molar-refractivity contribution is -0.141. The van der Waals surface area contributed by atoms with E-state index in [2.05, 4.69) is 29.6 Å². The van der Waals surface area contributed by atoms with Crippen LogP contribution < -0.4 is 5.32 Å². The fourth-order valence-electron chi connectivity index (χ4n) is 3.15. The van der Waals surface area contributed by atoms with E-state index in [1.807, 2.05) is 26.8 Å². The zero-order chi connectivity index (χ0) is 22.8. The van der Waals surface area contributed by atoms with Crippen LogP contribution in [0.5, 0.6) is 0 Å². The van der Waals surface area contributed by atoms with Crippen LogP contribution in [0.3, 0.4) is 0 Å². The maximum atomic E-state index is 13.2. The Morgan fingerprint density at radius 1 is 1.10 bits per heavy atom. The number of hydrogen-bond acceptors (Lipinski definition) is 3. The van der Waals surface area contributed by atoms with E-state index in [0.717, 1.165) is 16.9 Å². The number of rotatable bonds is 11. The molecular weight excluding hydrogens is 451 g/mol. The molecule has 0 bridgehead atoms. The summed E-state index contributed by atoms with van der Waals surface area (Å²) in [6.07, 6.45) is 1.70. The summed E-state index contributed by atoms with van der Waals surface area (Å²) in [5.41, 5.74) is 1.97. The molecule has 1 unspecified atom stereocenters. The molecule has 0 heterocycles. The predicted molar refractivity (Wildman–Crippen MR) is 131 cm³/mol. The van der Waals surface area contributed by atoms with Gasteiger partial charge >= 0.3 is 0 Å². The number of benzene rings is 2. The highest BCUT2D eigenvalue weighted by Crippen LogP contribution is 2.25. The van der Waals surface area contributed by atoms with Gasteiger partial charge in [-0.05, 0) is 49.6 Å². The van der Waals surface area contributed by atoms with E-state index in [0.29, 0.717) is 35.2 Å². The second-order valence-electron chi connectivity index (χ2n) is 7.38. The van der Waals surface area contributed by atoms with Gasteiger partial charge in [-0.2, -0.15) is 0 Å². The molecule has 0 aliphatic carbocycles. The molecule has 0 aliphatic rings. The summed E-state index contributed by atoms with van der Waals surface area (Å²) in [6, 6.07) is 12.9. The number of hydrogen-bond donors (Lipinski definition) is 1. The van der Waals surface area contributed by atoms with Crippen molar-refractivity contribution in [1.82, 2.24) is 10.2 Å². The first kappa shape index (κ1) is 25.6. The molecule has 0 aliphatic heterocycles. The third kappa shape index (κ3) is 8.06. The van der Waals surface area contributed by atoms with Crippen LogP contribution >= 0.6 is 35.0 Å². The van der Waals surface area contributed by atoms with Crippen LogP contribution in [0, 0.1) is 6.92 Å². The molecule has 1 N–H and O–H groups in total. The molecule has 0 spiro atoms. The highest BCUT2D eigenvalue weighted by Gasteiger charge is 2.28. The van der Waals surface area contributed by atoms with Crippen molar-refractivity contribution in [2.75, 3.05) is 12.3 Å². The molecule has 0 saturated heterocycles. The Morgan fingerprint density at radius 3 is 2.42 bits per heavy atom. The van der Waals surface area contributed by atoms with Gasteiger partial charge in [-0.15, -0.1) is 11.8 Å². The summed E-state index contributed by atoms with van der Waals surface area (Å²) in [5.74, 6) is 0.442. The van der Waals surface area contributed by atoms with Gasteiger partial charge in [-0.3, -0.25) is 9.59 Å². The van der Waals surface area contributed by atoms with Gasteiger partial charge in [0.2, 0.25) is 11.8 Å². The molecule has 2 aromatic carbocycles. The standard InChI is InChI=1S/C24H30Cl2N2O2S/c1-4-13-27-24(30)22(5-2)28(16-18-8-9-19(25)15-21(18)26)23(29)12-14-31-20-10-6-17(3)7-11-20/h6-11,15,22H,4-5,12-14,16H2,1-3H3,(H,27,30). The minimum atomic E-state index is -0.546. The number of halogens is 2. The van der Waals surface area contributed by atoms with Crippen LogP contribution in [0.25, 0.3) is 0 Å². The molecule has 2 amide bonds. The Hall–Kier alpha value is -1.69. The number of nitrogens with one attached hydrogen (secondary N) is 1. The molecule has 2 rings (SSSR count). The van der Waals surface area contributed by atoms with Crippen molar-refractivity contribution in [2.45, 2.75) is 57.5 Å². The molecule has 0 saturated carbocycles. The van der Waals surface area contributed by atoms with Crippen molar-refractivity contribution in [1.29, 1.82) is 0 Å². The van der Waals surface area contributed by atoms with Gasteiger partial charge < -0.3 is 10.2 Å². The zero-order valence-electron chi connectivity index (χ0n) is 18.3. The van der Waals surface area contributed by atoms with Gasteiger partial charge in [0, 0.05) is 40.2 Å². The number of carbonyl (C=O) groups excluding carboxylic acids is 2. The minimum Gasteiger partial charge on any atom is -0.354 e. The first-order valence-electron chi connectivity index (χ1n) is 10.6. The largest absolute Gasteiger partial charge is 0.354 e. The van der Waals surface area contributed by atoms with Gasteiger partial charge in [-0.1, -0.05) is 60.8 Å². The molecule has 0 radical (unpaired) electrons. The van der Waals surface area contributed by atoms with Crippen LogP contribution in [-0.4, -0.2) is 35.1 Å². The van der Waals surface area contributed by atoms with E-state index < -0.39 is 6.04 Å². The topological polar surface area (TPSA) is 49.4 Å². The van der Waals surface area contributed by atoms with E-state index >= 15 is 0 Å². The van der Waals surface area contributed by atoms with Gasteiger partial charge in [0.1, 0.15) is 6.04 Å². The van der Waals surface area contributed by atoms with Gasteiger partial charge in [0.05, 0.1) is 0 Å². The molecule has 4 nitrogen and oxygen atoms in total. The van der Waals surface area contributed by atoms with Crippen molar-refractivity contribution in [2.24, 2.45) is 0 Å². The second-order valence-corrected chi connectivity index (χ2v) is 9.40. The highest BCUT2D eigenvalue weighted by atomic mass is 35.5. The Bertz CT molecular complexity index is 874. The lowest BCUT2D eigenvalue weighted by Gasteiger charge is -2.31. The third-order valence-electron chi connectivity index (χ3n) is 4.90. The summed E-state index contributed by atoms with van der Waals surface area (Å²) < 4.78 is 0. The van der Waals surface area contributed by atoms with Crippen LogP contribution in [0.1, 0.15) is 44.2 Å². The molecule has 0 fully saturated rings. The maximum absolute atomic E-state index is 13.2. The van der Waals surface area contributed by atoms with Crippen molar-refractivity contribution >= 4 is 46.8 Å². The van der Waals surface area contributed by atoms with Gasteiger partial charge in [0.25, 0.3) is 0 Å². The van der Waals surface area contributed by atoms with Crippen LogP contribution in [0.15, 0.2) is 47.4 Å². The van der Waals surface area contributed by atoms with Crippen molar-refractivity contribution in [3.8, 4) is 0 Å². The molecule has 1 atom stereocenters. The maximum Gasteiger partial charge on any atom is 0.242 e. The smallest absolute Gasteiger partial charge is 0.242 e. The zero-order valence-corrected chi connectivity index (χ0v) is 20.6. The van der Waals surface area contributed by atoms with E-state index in [1.54, 1.807) is 28.8 Å². The molecule has 0 aromatic heterocycles. The van der Waals surface area contributed by atoms with E-state index in [4.69, 9.17) is 23.2 Å². The average molecular weight is 481 g/mol. The molecule has 2 aromatic rings. The Labute approximate surface area is 199 Å². The Kier molecular flexibility index (Phi) is 10.7. The second kappa shape index (κ2) is 13.0. The number of aryl methyl sites for hydroxylation is 1. The monoisotopic (exact) mass is 480 g/mol. The van der Waals surface area contributed by atoms with Crippen LogP contribution in [0.2, 0.25) is 10.0 Å². The number of thioether (sulfide) groups is 1. The third-order valence-corrected chi connectivity index (χ3v) is 6.50. The molecule has 7 heteroatoms. The number of amides is 2. The summed E-state index contributed by atoms with van der Waals surface area (Å²) in [7, 11) is 0. The van der Waals surface area contributed by atoms with Gasteiger partial charge in [0.15, 0.2) is 0 Å². The Morgan fingerprint density at radius 2 is 1.81 bits per heavy atom. The first-order valence-corrected chi connectivity index (χ1v) is 12.3. The summed E-state index contributed by atoms with van der Waals surface area (Å²) in [5, 5.41) is 3.95. The fourth-order valence-corrected chi connectivity index (χ4v) is 4.46. The first-order chi connectivity index (χ1) is 14.8. The van der Waals surface area contributed by atoms with E-state index in [9.17, 15) is 9.59 Å². The molecule has 168 valence electrons. The SMILES string of the molecule is CCCNC(=O)C(CC)N(Cc1ccc(Cl)cc1Cl)C(=O)CCSc1ccc(C)cc1. The quantitative estimate of drug-likeness (QED) is 0.394. The lowest BCUT2D eigenvalue weighted by Crippen LogP contribution is -2.49. The van der Waals surface area contributed by atoms with Crippen LogP contribution in [0.4, 0.5) is 0 Å². The summed E-state index contributed by atoms with van der Waals surface area (Å²) in [4.78, 5) is 28.8. The number of carbonyl (C=O) groups is 2. The predicted octanol–water partition coefficient (Wildman–Crippen LogP) is 6.12. The Balaban J connectivity index is 2.14. The minimum absolute atomic E-state index is 0.0656. The highest BCUT2D eigenvalue weighted by molar-refractivity contribution is 7.99. The normalized spacial score (nSPS) is 11.8. The molecule has 31 heavy (non-hydrogen) atoms. The fraction of sp³-hybridized carbons (Fsp3) is 0.417. The van der Waals surface area contributed by atoms with E-state index in [1.165, 1.54) is 5.56 Å². The van der Waals surface area contributed by atoms with Crippen molar-refractivity contribution in [3.63, 3.8) is 0 Å². The van der Waals surface area contributed by atoms with E-state index in [-0.39, 0.29) is 18.4 Å². The van der Waals surface area contributed by atoms with Crippen LogP contribution in [-0.2, 0) is 16.1 Å².